The second kappa shape index (κ2) is 6.60. The Bertz CT molecular complexity index is 393. The summed E-state index contributed by atoms with van der Waals surface area (Å²) >= 11 is 0. The summed E-state index contributed by atoms with van der Waals surface area (Å²) in [5.74, 6) is -4.12. The summed E-state index contributed by atoms with van der Waals surface area (Å²) in [4.78, 5) is 21.8. The van der Waals surface area contributed by atoms with Crippen molar-refractivity contribution in [3.63, 3.8) is 0 Å². The Morgan fingerprint density at radius 1 is 1.48 bits per heavy atom. The highest BCUT2D eigenvalue weighted by molar-refractivity contribution is 5.74. The van der Waals surface area contributed by atoms with Crippen LogP contribution in [-0.2, 0) is 9.53 Å². The first-order chi connectivity index (χ1) is 9.64. The first-order valence-electron chi connectivity index (χ1n) is 6.05. The van der Waals surface area contributed by atoms with Gasteiger partial charge in [-0.1, -0.05) is 0 Å². The third kappa shape index (κ3) is 3.64. The minimum Gasteiger partial charge on any atom is -0.480 e. The van der Waals surface area contributed by atoms with Crippen molar-refractivity contribution in [2.45, 2.75) is 43.2 Å². The first kappa shape index (κ1) is 17.7. The molecule has 0 aromatic heterocycles. The molecule has 0 aliphatic carbocycles. The number of carbonyl (C=O) groups is 1. The Morgan fingerprint density at radius 3 is 2.48 bits per heavy atom. The maximum absolute atomic E-state index is 11.0. The Balaban J connectivity index is 2.94. The van der Waals surface area contributed by atoms with E-state index in [1.807, 2.05) is 0 Å². The van der Waals surface area contributed by atoms with Crippen molar-refractivity contribution in [2.75, 3.05) is 13.2 Å². The predicted molar refractivity (Wildman–Crippen MR) is 64.5 cm³/mol. The highest BCUT2D eigenvalue weighted by Gasteiger charge is 2.51. The molecule has 0 aromatic carbocycles. The fraction of sp³-hybridized carbons (Fsp3) is 0.900. The zero-order valence-electron chi connectivity index (χ0n) is 11.1. The van der Waals surface area contributed by atoms with Crippen LogP contribution >= 0.6 is 0 Å². The Morgan fingerprint density at radius 2 is 2.05 bits per heavy atom. The lowest BCUT2D eigenvalue weighted by atomic mass is 9.96. The summed E-state index contributed by atoms with van der Waals surface area (Å²) in [6.45, 7) is -0.380. The van der Waals surface area contributed by atoms with Gasteiger partial charge in [0.15, 0.2) is 6.04 Å². The summed E-state index contributed by atoms with van der Waals surface area (Å²) < 4.78 is 4.78. The fourth-order valence-corrected chi connectivity index (χ4v) is 2.02. The quantitative estimate of drug-likeness (QED) is 0.214. The minimum atomic E-state index is -2.53. The van der Waals surface area contributed by atoms with Crippen LogP contribution in [-0.4, -0.2) is 91.0 Å². The molecule has 122 valence electrons. The number of ether oxygens (including phenoxy) is 1. The summed E-state index contributed by atoms with van der Waals surface area (Å²) in [7, 11) is 0. The van der Waals surface area contributed by atoms with E-state index in [1.54, 1.807) is 0 Å². The fourth-order valence-electron chi connectivity index (χ4n) is 2.02. The predicted octanol–water partition coefficient (Wildman–Crippen LogP) is -3.39. The van der Waals surface area contributed by atoms with Gasteiger partial charge in [0.25, 0.3) is 0 Å². The highest BCUT2D eigenvalue weighted by atomic mass is 16.6. The SMILES string of the molecule is C[C@H](O)[C@@H](C(=O)O)N(C[C@@]1(O)OC[C@@H](O)[C@@H](O)[C@H]1O)N=O. The number of nitroso groups, excluding NO2 is 1. The zero-order valence-corrected chi connectivity index (χ0v) is 11.1. The van der Waals surface area contributed by atoms with E-state index in [0.29, 0.717) is 0 Å². The van der Waals surface area contributed by atoms with Gasteiger partial charge >= 0.3 is 5.97 Å². The number of carboxylic acids is 1. The normalized spacial score (nSPS) is 35.8. The van der Waals surface area contributed by atoms with Gasteiger partial charge in [0.2, 0.25) is 5.79 Å². The van der Waals surface area contributed by atoms with E-state index in [9.17, 15) is 35.2 Å². The van der Waals surface area contributed by atoms with Gasteiger partial charge in [-0.15, -0.1) is 4.91 Å². The van der Waals surface area contributed by atoms with Gasteiger partial charge < -0.3 is 35.4 Å². The molecule has 0 unspecified atom stereocenters. The van der Waals surface area contributed by atoms with Crippen LogP contribution in [0.25, 0.3) is 0 Å². The Hall–Kier alpha value is -1.37. The molecule has 1 fully saturated rings. The van der Waals surface area contributed by atoms with Crippen LogP contribution < -0.4 is 0 Å². The molecule has 11 nitrogen and oxygen atoms in total. The monoisotopic (exact) mass is 310 g/mol. The van der Waals surface area contributed by atoms with E-state index in [0.717, 1.165) is 6.92 Å². The van der Waals surface area contributed by atoms with Crippen molar-refractivity contribution in [2.24, 2.45) is 5.29 Å². The Labute approximate surface area is 118 Å². The van der Waals surface area contributed by atoms with Gasteiger partial charge in [-0.05, 0) is 6.92 Å². The van der Waals surface area contributed by atoms with Crippen LogP contribution in [0.2, 0.25) is 0 Å². The van der Waals surface area contributed by atoms with Crippen LogP contribution in [0.1, 0.15) is 6.92 Å². The lowest BCUT2D eigenvalue weighted by Crippen LogP contribution is -2.65. The Kier molecular flexibility index (Phi) is 5.55. The molecule has 0 amide bonds. The number of nitrogens with zero attached hydrogens (tertiary/aromatic N) is 2. The molecule has 0 saturated carbocycles. The number of aliphatic carboxylic acids is 1. The molecule has 0 bridgehead atoms. The molecule has 1 saturated heterocycles. The van der Waals surface area contributed by atoms with Crippen LogP contribution in [0.5, 0.6) is 0 Å². The molecular formula is C10H18N2O9. The van der Waals surface area contributed by atoms with Gasteiger partial charge in [-0.25, -0.2) is 9.80 Å². The molecule has 1 heterocycles. The molecule has 21 heavy (non-hydrogen) atoms. The molecule has 1 aliphatic rings. The summed E-state index contributed by atoms with van der Waals surface area (Å²) in [6, 6.07) is -1.79. The van der Waals surface area contributed by atoms with Crippen molar-refractivity contribution < 1.29 is 40.2 Å². The molecule has 0 radical (unpaired) electrons. The third-order valence-electron chi connectivity index (χ3n) is 3.21. The number of rotatable bonds is 6. The average molecular weight is 310 g/mol. The number of hydrogen-bond donors (Lipinski definition) is 6. The van der Waals surface area contributed by atoms with E-state index in [-0.39, 0.29) is 5.01 Å². The van der Waals surface area contributed by atoms with E-state index >= 15 is 0 Å². The molecule has 11 heteroatoms. The summed E-state index contributed by atoms with van der Waals surface area (Å²) in [5, 5.41) is 59.5. The van der Waals surface area contributed by atoms with Crippen LogP contribution in [0.4, 0.5) is 0 Å². The second-order valence-electron chi connectivity index (χ2n) is 4.86. The summed E-state index contributed by atoms with van der Waals surface area (Å²) in [6.07, 6.45) is -6.73. The molecule has 1 aliphatic heterocycles. The van der Waals surface area contributed by atoms with E-state index in [1.165, 1.54) is 0 Å². The van der Waals surface area contributed by atoms with E-state index < -0.39 is 55.4 Å². The number of aliphatic hydroxyl groups excluding tert-OH is 4. The van der Waals surface area contributed by atoms with Crippen molar-refractivity contribution >= 4 is 5.97 Å². The van der Waals surface area contributed by atoms with E-state index in [2.05, 4.69) is 5.29 Å². The van der Waals surface area contributed by atoms with Crippen LogP contribution in [0, 0.1) is 4.91 Å². The standard InChI is InChI=1S/C10H18N2O9/c1-4(13)6(9(17)18)12(11-20)3-10(19)8(16)7(15)5(14)2-21-10/h4-8,13-16,19H,2-3H2,1H3,(H,17,18)/t4-,5+,6-,7+,8+,10+/m0/s1. The minimum absolute atomic E-state index is 0.278. The van der Waals surface area contributed by atoms with E-state index in [4.69, 9.17) is 9.84 Å². The lowest BCUT2D eigenvalue weighted by Gasteiger charge is -2.43. The maximum Gasteiger partial charge on any atom is 0.330 e. The van der Waals surface area contributed by atoms with Crippen molar-refractivity contribution in [3.8, 4) is 0 Å². The average Bonchev–Trinajstić information content (AvgIpc) is 2.39. The highest BCUT2D eigenvalue weighted by Crippen LogP contribution is 2.26. The van der Waals surface area contributed by atoms with Crippen LogP contribution in [0.3, 0.4) is 0 Å². The van der Waals surface area contributed by atoms with Gasteiger partial charge in [-0.2, -0.15) is 0 Å². The topological polar surface area (TPSA) is 180 Å². The number of hydrogen-bond acceptors (Lipinski definition) is 9. The molecule has 0 aromatic rings. The van der Waals surface area contributed by atoms with Crippen molar-refractivity contribution in [1.82, 2.24) is 5.01 Å². The zero-order chi connectivity index (χ0) is 16.4. The second-order valence-corrected chi connectivity index (χ2v) is 4.86. The molecule has 1 rings (SSSR count). The first-order valence-corrected chi connectivity index (χ1v) is 6.05. The number of aliphatic hydroxyl groups is 5. The van der Waals surface area contributed by atoms with Gasteiger partial charge in [0.05, 0.1) is 24.5 Å². The lowest BCUT2D eigenvalue weighted by molar-refractivity contribution is -0.326. The molecule has 6 atom stereocenters. The summed E-state index contributed by atoms with van der Waals surface area (Å²) in [5.41, 5.74) is 0. The maximum atomic E-state index is 11.0. The largest absolute Gasteiger partial charge is 0.480 e. The third-order valence-corrected chi connectivity index (χ3v) is 3.21. The van der Waals surface area contributed by atoms with Gasteiger partial charge in [0.1, 0.15) is 18.3 Å². The number of carboxylic acid groups (broad SMARTS) is 1. The van der Waals surface area contributed by atoms with Crippen molar-refractivity contribution in [1.29, 1.82) is 0 Å². The van der Waals surface area contributed by atoms with Crippen molar-refractivity contribution in [3.05, 3.63) is 4.91 Å². The van der Waals surface area contributed by atoms with Gasteiger partial charge in [0, 0.05) is 0 Å². The van der Waals surface area contributed by atoms with Crippen LogP contribution in [0.15, 0.2) is 5.29 Å². The van der Waals surface area contributed by atoms with Gasteiger partial charge in [-0.3, -0.25) is 0 Å². The smallest absolute Gasteiger partial charge is 0.330 e. The molecule has 6 N–H and O–H groups in total. The molecule has 0 spiro atoms. The molecular weight excluding hydrogens is 292 g/mol.